The summed E-state index contributed by atoms with van der Waals surface area (Å²) >= 11 is 3.37. The molecular weight excluding hydrogens is 296 g/mol. The number of carbonyl (C=O) groups is 1. The van der Waals surface area contributed by atoms with Gasteiger partial charge in [0, 0.05) is 4.47 Å². The third-order valence-corrected chi connectivity index (χ3v) is 3.14. The van der Waals surface area contributed by atoms with Crippen LogP contribution in [0.3, 0.4) is 0 Å². The highest BCUT2D eigenvalue weighted by Crippen LogP contribution is 2.17. The number of H-pyrrole nitrogens is 1. The highest BCUT2D eigenvalue weighted by atomic mass is 79.9. The van der Waals surface area contributed by atoms with E-state index in [-0.39, 0.29) is 11.9 Å². The number of hydrogen-bond donors (Lipinski definition) is 3. The summed E-state index contributed by atoms with van der Waals surface area (Å²) in [4.78, 5) is 11.9. The Morgan fingerprint density at radius 3 is 2.67 bits per heavy atom. The average molecular weight is 309 g/mol. The molecule has 0 bridgehead atoms. The highest BCUT2D eigenvalue weighted by Gasteiger charge is 2.15. The maximum Gasteiger partial charge on any atom is 0.271 e. The van der Waals surface area contributed by atoms with Crippen molar-refractivity contribution in [1.82, 2.24) is 15.5 Å². The summed E-state index contributed by atoms with van der Waals surface area (Å²) in [6, 6.07) is 7.66. The maximum atomic E-state index is 11.9. The van der Waals surface area contributed by atoms with E-state index in [0.717, 1.165) is 10.0 Å². The fraction of sp³-hybridized carbons (Fsp3) is 0.167. The number of carbonyl (C=O) groups excluding carboxylic acids is 1. The highest BCUT2D eigenvalue weighted by molar-refractivity contribution is 9.10. The number of rotatable bonds is 3. The summed E-state index contributed by atoms with van der Waals surface area (Å²) in [6.45, 7) is 1.91. The van der Waals surface area contributed by atoms with Gasteiger partial charge in [0.25, 0.3) is 5.91 Å². The molecule has 6 heteroatoms. The van der Waals surface area contributed by atoms with Gasteiger partial charge in [-0.1, -0.05) is 28.1 Å². The molecule has 94 valence electrons. The summed E-state index contributed by atoms with van der Waals surface area (Å²) in [7, 11) is 0. The number of anilines is 1. The Balaban J connectivity index is 2.08. The van der Waals surface area contributed by atoms with Crippen LogP contribution in [0.2, 0.25) is 0 Å². The van der Waals surface area contributed by atoms with E-state index in [0.29, 0.717) is 11.4 Å². The van der Waals surface area contributed by atoms with E-state index < -0.39 is 0 Å². The minimum absolute atomic E-state index is 0.103. The minimum atomic E-state index is -0.264. The third-order valence-electron chi connectivity index (χ3n) is 2.61. The van der Waals surface area contributed by atoms with Crippen LogP contribution in [0.15, 0.2) is 34.9 Å². The van der Waals surface area contributed by atoms with Crippen LogP contribution in [0.1, 0.15) is 29.0 Å². The number of aromatic amines is 1. The summed E-state index contributed by atoms with van der Waals surface area (Å²) in [5.74, 6) is -0.264. The molecule has 18 heavy (non-hydrogen) atoms. The zero-order chi connectivity index (χ0) is 13.1. The zero-order valence-electron chi connectivity index (χ0n) is 9.77. The lowest BCUT2D eigenvalue weighted by molar-refractivity contribution is 0.0935. The number of aromatic nitrogens is 2. The molecule has 5 nitrogen and oxygen atoms in total. The first-order valence-corrected chi connectivity index (χ1v) is 6.22. The van der Waals surface area contributed by atoms with Crippen molar-refractivity contribution in [3.05, 3.63) is 46.2 Å². The van der Waals surface area contributed by atoms with Crippen molar-refractivity contribution >= 4 is 27.5 Å². The van der Waals surface area contributed by atoms with Gasteiger partial charge in [0.1, 0.15) is 5.69 Å². The summed E-state index contributed by atoms with van der Waals surface area (Å²) in [5, 5.41) is 9.15. The quantitative estimate of drug-likeness (QED) is 0.813. The second-order valence-electron chi connectivity index (χ2n) is 3.95. The molecule has 2 aromatic rings. The Labute approximate surface area is 113 Å². The predicted octanol–water partition coefficient (Wildman–Crippen LogP) is 2.25. The number of nitrogens with two attached hydrogens (primary N) is 1. The van der Waals surface area contributed by atoms with E-state index in [4.69, 9.17) is 5.73 Å². The van der Waals surface area contributed by atoms with Crippen molar-refractivity contribution in [1.29, 1.82) is 0 Å². The normalized spacial score (nSPS) is 12.1. The number of halogens is 1. The van der Waals surface area contributed by atoms with Crippen molar-refractivity contribution in [3.8, 4) is 0 Å². The molecule has 0 aliphatic rings. The second-order valence-corrected chi connectivity index (χ2v) is 4.86. The topological polar surface area (TPSA) is 83.8 Å². The Hall–Kier alpha value is -1.82. The molecule has 1 aromatic carbocycles. The fourth-order valence-electron chi connectivity index (χ4n) is 1.58. The van der Waals surface area contributed by atoms with Gasteiger partial charge in [-0.25, -0.2) is 0 Å². The smallest absolute Gasteiger partial charge is 0.271 e. The number of nitrogens with zero attached hydrogens (tertiary/aromatic N) is 1. The van der Waals surface area contributed by atoms with Crippen molar-refractivity contribution < 1.29 is 4.79 Å². The molecule has 0 spiro atoms. The van der Waals surface area contributed by atoms with Gasteiger partial charge >= 0.3 is 0 Å². The van der Waals surface area contributed by atoms with Gasteiger partial charge in [-0.2, -0.15) is 5.10 Å². The largest absolute Gasteiger partial charge is 0.396 e. The standard InChI is InChI=1S/C12H13BrN4O/c1-7(8-2-4-9(13)5-3-8)16-12(18)11-10(14)6-15-17-11/h2-7H,14H2,1H3,(H,15,17)(H,16,18). The van der Waals surface area contributed by atoms with Crippen LogP contribution < -0.4 is 11.1 Å². The summed E-state index contributed by atoms with van der Waals surface area (Å²) < 4.78 is 1.00. The van der Waals surface area contributed by atoms with E-state index in [2.05, 4.69) is 31.4 Å². The average Bonchev–Trinajstić information content (AvgIpc) is 2.76. The van der Waals surface area contributed by atoms with Crippen LogP contribution in [0.4, 0.5) is 5.69 Å². The predicted molar refractivity (Wildman–Crippen MR) is 73.0 cm³/mol. The van der Waals surface area contributed by atoms with Crippen LogP contribution in [0.25, 0.3) is 0 Å². The number of hydrogen-bond acceptors (Lipinski definition) is 3. The Kier molecular flexibility index (Phi) is 3.66. The van der Waals surface area contributed by atoms with Crippen LogP contribution >= 0.6 is 15.9 Å². The lowest BCUT2D eigenvalue weighted by atomic mass is 10.1. The Morgan fingerprint density at radius 1 is 1.44 bits per heavy atom. The Morgan fingerprint density at radius 2 is 2.11 bits per heavy atom. The van der Waals surface area contributed by atoms with Crippen molar-refractivity contribution in [2.45, 2.75) is 13.0 Å². The Bertz CT molecular complexity index is 549. The molecule has 1 heterocycles. The van der Waals surface area contributed by atoms with Gasteiger partial charge < -0.3 is 11.1 Å². The van der Waals surface area contributed by atoms with Gasteiger partial charge in [-0.05, 0) is 24.6 Å². The molecule has 1 aromatic heterocycles. The zero-order valence-corrected chi connectivity index (χ0v) is 11.4. The molecule has 2 rings (SSSR count). The molecule has 0 radical (unpaired) electrons. The number of nitrogen functional groups attached to an aromatic ring is 1. The van der Waals surface area contributed by atoms with Crippen LogP contribution in [-0.4, -0.2) is 16.1 Å². The van der Waals surface area contributed by atoms with Crippen LogP contribution in [0.5, 0.6) is 0 Å². The maximum absolute atomic E-state index is 11.9. The molecule has 0 fully saturated rings. The summed E-state index contributed by atoms with van der Waals surface area (Å²) in [6.07, 6.45) is 1.42. The van der Waals surface area contributed by atoms with Crippen molar-refractivity contribution in [3.63, 3.8) is 0 Å². The van der Waals surface area contributed by atoms with Gasteiger partial charge in [0.2, 0.25) is 0 Å². The lowest BCUT2D eigenvalue weighted by Crippen LogP contribution is -2.27. The number of amides is 1. The molecule has 1 atom stereocenters. The monoisotopic (exact) mass is 308 g/mol. The molecular formula is C12H13BrN4O. The van der Waals surface area contributed by atoms with Gasteiger partial charge in [0.05, 0.1) is 17.9 Å². The van der Waals surface area contributed by atoms with Crippen molar-refractivity contribution in [2.75, 3.05) is 5.73 Å². The van der Waals surface area contributed by atoms with E-state index in [9.17, 15) is 4.79 Å². The molecule has 0 aliphatic carbocycles. The fourth-order valence-corrected chi connectivity index (χ4v) is 1.85. The van der Waals surface area contributed by atoms with E-state index in [1.807, 2.05) is 31.2 Å². The number of nitrogens with one attached hydrogen (secondary N) is 2. The molecule has 0 saturated heterocycles. The lowest BCUT2D eigenvalue weighted by Gasteiger charge is -2.13. The molecule has 0 saturated carbocycles. The summed E-state index contributed by atoms with van der Waals surface area (Å²) in [5.41, 5.74) is 7.27. The molecule has 0 aliphatic heterocycles. The first-order chi connectivity index (χ1) is 8.58. The van der Waals surface area contributed by atoms with Gasteiger partial charge in [-0.15, -0.1) is 0 Å². The van der Waals surface area contributed by atoms with Gasteiger partial charge in [-0.3, -0.25) is 9.89 Å². The van der Waals surface area contributed by atoms with E-state index in [1.54, 1.807) is 0 Å². The SMILES string of the molecule is CC(NC(=O)c1[nH]ncc1N)c1ccc(Br)cc1. The van der Waals surface area contributed by atoms with Gasteiger partial charge in [0.15, 0.2) is 0 Å². The van der Waals surface area contributed by atoms with Crippen molar-refractivity contribution in [2.24, 2.45) is 0 Å². The number of benzene rings is 1. The van der Waals surface area contributed by atoms with E-state index >= 15 is 0 Å². The van der Waals surface area contributed by atoms with Crippen LogP contribution in [0, 0.1) is 0 Å². The third kappa shape index (κ3) is 2.70. The van der Waals surface area contributed by atoms with Crippen LogP contribution in [-0.2, 0) is 0 Å². The minimum Gasteiger partial charge on any atom is -0.396 e. The van der Waals surface area contributed by atoms with E-state index in [1.165, 1.54) is 6.20 Å². The molecule has 1 unspecified atom stereocenters. The second kappa shape index (κ2) is 5.22. The first kappa shape index (κ1) is 12.6. The molecule has 4 N–H and O–H groups in total. The molecule has 1 amide bonds. The first-order valence-electron chi connectivity index (χ1n) is 5.43.